The van der Waals surface area contributed by atoms with Gasteiger partial charge in [-0.1, -0.05) is 45.0 Å². The topological polar surface area (TPSA) is 61.5 Å². The third-order valence-corrected chi connectivity index (χ3v) is 3.65. The molecule has 0 fully saturated rings. The smallest absolute Gasteiger partial charge is 0.337 e. The lowest BCUT2D eigenvalue weighted by molar-refractivity contribution is 0.0600. The van der Waals surface area contributed by atoms with E-state index in [9.17, 15) is 4.79 Å². The number of anilines is 1. The molecule has 4 heteroatoms. The standard InChI is InChI=1S/C19H23NO3/c1-19(2,3)15-8-5-13(6-9-15)12-23-17-11-14(18(21)22-4)7-10-16(17)20/h5-11H,12,20H2,1-4H3. The quantitative estimate of drug-likeness (QED) is 0.686. The summed E-state index contributed by atoms with van der Waals surface area (Å²) in [7, 11) is 1.34. The normalized spacial score (nSPS) is 11.1. The Labute approximate surface area is 137 Å². The minimum atomic E-state index is -0.413. The van der Waals surface area contributed by atoms with Crippen LogP contribution in [0.15, 0.2) is 42.5 Å². The molecule has 0 aliphatic rings. The van der Waals surface area contributed by atoms with Crippen LogP contribution in [-0.4, -0.2) is 13.1 Å². The molecular formula is C19H23NO3. The first-order valence-electron chi connectivity index (χ1n) is 7.51. The third-order valence-electron chi connectivity index (χ3n) is 3.65. The van der Waals surface area contributed by atoms with Gasteiger partial charge in [0.1, 0.15) is 12.4 Å². The van der Waals surface area contributed by atoms with Gasteiger partial charge in [-0.05, 0) is 34.7 Å². The Hall–Kier alpha value is -2.49. The van der Waals surface area contributed by atoms with Crippen LogP contribution in [0.4, 0.5) is 5.69 Å². The van der Waals surface area contributed by atoms with Crippen LogP contribution in [-0.2, 0) is 16.8 Å². The summed E-state index contributed by atoms with van der Waals surface area (Å²) in [6, 6.07) is 13.2. The molecule has 0 saturated heterocycles. The summed E-state index contributed by atoms with van der Waals surface area (Å²) < 4.78 is 10.5. The Morgan fingerprint density at radius 1 is 1.09 bits per heavy atom. The van der Waals surface area contributed by atoms with Crippen molar-refractivity contribution < 1.29 is 14.3 Å². The van der Waals surface area contributed by atoms with Crippen LogP contribution in [0.2, 0.25) is 0 Å². The number of carbonyl (C=O) groups is 1. The van der Waals surface area contributed by atoms with Crippen molar-refractivity contribution in [3.63, 3.8) is 0 Å². The van der Waals surface area contributed by atoms with Crippen LogP contribution in [0.3, 0.4) is 0 Å². The zero-order valence-electron chi connectivity index (χ0n) is 14.1. The van der Waals surface area contributed by atoms with Crippen molar-refractivity contribution in [1.82, 2.24) is 0 Å². The highest BCUT2D eigenvalue weighted by molar-refractivity contribution is 5.90. The molecule has 0 unspecified atom stereocenters. The second kappa shape index (κ2) is 6.73. The molecule has 0 spiro atoms. The highest BCUT2D eigenvalue weighted by atomic mass is 16.5. The molecule has 0 radical (unpaired) electrons. The largest absolute Gasteiger partial charge is 0.487 e. The molecule has 0 aromatic heterocycles. The maximum absolute atomic E-state index is 11.6. The third kappa shape index (κ3) is 4.25. The molecule has 0 saturated carbocycles. The van der Waals surface area contributed by atoms with Gasteiger partial charge in [-0.15, -0.1) is 0 Å². The number of hydrogen-bond acceptors (Lipinski definition) is 4. The first kappa shape index (κ1) is 16.9. The van der Waals surface area contributed by atoms with Gasteiger partial charge in [0.25, 0.3) is 0 Å². The summed E-state index contributed by atoms with van der Waals surface area (Å²) in [6.07, 6.45) is 0. The highest BCUT2D eigenvalue weighted by Crippen LogP contribution is 2.25. The lowest BCUT2D eigenvalue weighted by Gasteiger charge is -2.19. The second-order valence-corrected chi connectivity index (χ2v) is 6.48. The molecule has 2 N–H and O–H groups in total. The monoisotopic (exact) mass is 313 g/mol. The van der Waals surface area contributed by atoms with Crippen molar-refractivity contribution in [3.05, 3.63) is 59.2 Å². The van der Waals surface area contributed by atoms with E-state index >= 15 is 0 Å². The van der Waals surface area contributed by atoms with E-state index in [1.165, 1.54) is 12.7 Å². The van der Waals surface area contributed by atoms with Gasteiger partial charge in [-0.3, -0.25) is 0 Å². The Morgan fingerprint density at radius 2 is 1.74 bits per heavy atom. The summed E-state index contributed by atoms with van der Waals surface area (Å²) in [5.74, 6) is 0.0668. The van der Waals surface area contributed by atoms with E-state index in [4.69, 9.17) is 15.2 Å². The van der Waals surface area contributed by atoms with Crippen molar-refractivity contribution in [1.29, 1.82) is 0 Å². The number of esters is 1. The lowest BCUT2D eigenvalue weighted by atomic mass is 9.87. The average Bonchev–Trinajstić information content (AvgIpc) is 2.53. The van der Waals surface area contributed by atoms with E-state index in [2.05, 4.69) is 32.9 Å². The Bertz CT molecular complexity index is 685. The van der Waals surface area contributed by atoms with Crippen molar-refractivity contribution >= 4 is 11.7 Å². The predicted octanol–water partition coefficient (Wildman–Crippen LogP) is 3.93. The first-order chi connectivity index (χ1) is 10.8. The van der Waals surface area contributed by atoms with E-state index < -0.39 is 5.97 Å². The minimum absolute atomic E-state index is 0.124. The number of ether oxygens (including phenoxy) is 2. The van der Waals surface area contributed by atoms with Crippen molar-refractivity contribution in [2.24, 2.45) is 0 Å². The minimum Gasteiger partial charge on any atom is -0.487 e. The Balaban J connectivity index is 2.10. The Kier molecular flexibility index (Phi) is 4.94. The van der Waals surface area contributed by atoms with Crippen LogP contribution in [0.25, 0.3) is 0 Å². The molecule has 0 atom stereocenters. The molecule has 0 aliphatic heterocycles. The summed E-state index contributed by atoms with van der Waals surface area (Å²) >= 11 is 0. The summed E-state index contributed by atoms with van der Waals surface area (Å²) in [4.78, 5) is 11.6. The molecule has 122 valence electrons. The molecular weight excluding hydrogens is 290 g/mol. The maximum Gasteiger partial charge on any atom is 0.337 e. The fourth-order valence-corrected chi connectivity index (χ4v) is 2.17. The van der Waals surface area contributed by atoms with Crippen LogP contribution in [0, 0.1) is 0 Å². The predicted molar refractivity (Wildman–Crippen MR) is 91.7 cm³/mol. The van der Waals surface area contributed by atoms with Crippen molar-refractivity contribution in [2.75, 3.05) is 12.8 Å². The maximum atomic E-state index is 11.6. The van der Waals surface area contributed by atoms with E-state index in [1.54, 1.807) is 18.2 Å². The lowest BCUT2D eigenvalue weighted by Crippen LogP contribution is -2.11. The molecule has 0 heterocycles. The zero-order valence-corrected chi connectivity index (χ0v) is 14.1. The van der Waals surface area contributed by atoms with Gasteiger partial charge >= 0.3 is 5.97 Å². The van der Waals surface area contributed by atoms with Crippen LogP contribution in [0.1, 0.15) is 42.3 Å². The summed E-state index contributed by atoms with van der Waals surface area (Å²) in [6.45, 7) is 6.92. The fraction of sp³-hybridized carbons (Fsp3) is 0.316. The van der Waals surface area contributed by atoms with Gasteiger partial charge in [0, 0.05) is 0 Å². The summed E-state index contributed by atoms with van der Waals surface area (Å²) in [5.41, 5.74) is 9.24. The molecule has 23 heavy (non-hydrogen) atoms. The van der Waals surface area contributed by atoms with Crippen molar-refractivity contribution in [2.45, 2.75) is 32.8 Å². The molecule has 2 aromatic carbocycles. The molecule has 2 aromatic rings. The van der Waals surface area contributed by atoms with Crippen LogP contribution >= 0.6 is 0 Å². The van der Waals surface area contributed by atoms with Crippen LogP contribution in [0.5, 0.6) is 5.75 Å². The van der Waals surface area contributed by atoms with Gasteiger partial charge in [0.05, 0.1) is 18.4 Å². The number of carbonyl (C=O) groups excluding carboxylic acids is 1. The second-order valence-electron chi connectivity index (χ2n) is 6.48. The first-order valence-corrected chi connectivity index (χ1v) is 7.51. The number of nitrogen functional groups attached to an aromatic ring is 1. The van der Waals surface area contributed by atoms with Gasteiger partial charge in [-0.2, -0.15) is 0 Å². The average molecular weight is 313 g/mol. The zero-order chi connectivity index (χ0) is 17.0. The number of benzene rings is 2. The molecule has 0 aliphatic carbocycles. The van der Waals surface area contributed by atoms with E-state index in [0.29, 0.717) is 23.6 Å². The molecule has 0 bridgehead atoms. The van der Waals surface area contributed by atoms with Gasteiger partial charge in [0.2, 0.25) is 0 Å². The number of rotatable bonds is 4. The highest BCUT2D eigenvalue weighted by Gasteiger charge is 2.13. The molecule has 4 nitrogen and oxygen atoms in total. The molecule has 2 rings (SSSR count). The summed E-state index contributed by atoms with van der Waals surface area (Å²) in [5, 5.41) is 0. The van der Waals surface area contributed by atoms with E-state index in [1.807, 2.05) is 12.1 Å². The molecule has 0 amide bonds. The number of hydrogen-bond donors (Lipinski definition) is 1. The van der Waals surface area contributed by atoms with Gasteiger partial charge < -0.3 is 15.2 Å². The van der Waals surface area contributed by atoms with E-state index in [-0.39, 0.29) is 5.41 Å². The van der Waals surface area contributed by atoms with Crippen LogP contribution < -0.4 is 10.5 Å². The SMILES string of the molecule is COC(=O)c1ccc(N)c(OCc2ccc(C(C)(C)C)cc2)c1. The Morgan fingerprint density at radius 3 is 2.30 bits per heavy atom. The van der Waals surface area contributed by atoms with Gasteiger partial charge in [-0.25, -0.2) is 4.79 Å². The fourth-order valence-electron chi connectivity index (χ4n) is 2.17. The van der Waals surface area contributed by atoms with E-state index in [0.717, 1.165) is 5.56 Å². The number of methoxy groups -OCH3 is 1. The number of nitrogens with two attached hydrogens (primary N) is 1. The van der Waals surface area contributed by atoms with Gasteiger partial charge in [0.15, 0.2) is 0 Å². The van der Waals surface area contributed by atoms with Crippen molar-refractivity contribution in [3.8, 4) is 5.75 Å².